The number of amides is 2. The van der Waals surface area contributed by atoms with Crippen molar-refractivity contribution in [1.82, 2.24) is 5.32 Å². The molecule has 0 heterocycles. The molecule has 0 atom stereocenters. The lowest BCUT2D eigenvalue weighted by Gasteiger charge is -2.08. The summed E-state index contributed by atoms with van der Waals surface area (Å²) >= 11 is 0. The van der Waals surface area contributed by atoms with Gasteiger partial charge in [0.25, 0.3) is 11.8 Å². The van der Waals surface area contributed by atoms with Gasteiger partial charge < -0.3 is 22.1 Å². The van der Waals surface area contributed by atoms with Crippen LogP contribution in [0.15, 0.2) is 53.5 Å². The highest BCUT2D eigenvalue weighted by Gasteiger charge is 2.12. The molecule has 0 aliphatic heterocycles. The van der Waals surface area contributed by atoms with Crippen molar-refractivity contribution >= 4 is 23.3 Å². The molecule has 2 aromatic rings. The first-order valence-electron chi connectivity index (χ1n) is 8.30. The Bertz CT molecular complexity index is 817. The lowest BCUT2D eigenvalue weighted by atomic mass is 10.1. The second-order valence-electron chi connectivity index (χ2n) is 5.58. The van der Waals surface area contributed by atoms with Crippen LogP contribution in [0.1, 0.15) is 32.7 Å². The number of carbonyl (C=O) groups excluding carboxylic acids is 2. The zero-order chi connectivity index (χ0) is 18.9. The minimum atomic E-state index is -0.509. The highest BCUT2D eigenvalue weighted by atomic mass is 16.2. The molecular weight excluding hydrogens is 330 g/mol. The van der Waals surface area contributed by atoms with Gasteiger partial charge in [-0.25, -0.2) is 0 Å². The van der Waals surface area contributed by atoms with E-state index in [-0.39, 0.29) is 11.7 Å². The highest BCUT2D eigenvalue weighted by Crippen LogP contribution is 2.14. The largest absolute Gasteiger partial charge is 0.388 e. The highest BCUT2D eigenvalue weighted by molar-refractivity contribution is 6.11. The van der Waals surface area contributed by atoms with Crippen LogP contribution >= 0.6 is 0 Å². The van der Waals surface area contributed by atoms with Gasteiger partial charge in [0.1, 0.15) is 5.84 Å². The van der Waals surface area contributed by atoms with Gasteiger partial charge in [-0.1, -0.05) is 18.2 Å². The van der Waals surface area contributed by atoms with Gasteiger partial charge in [-0.05, 0) is 43.3 Å². The first-order chi connectivity index (χ1) is 12.6. The van der Waals surface area contributed by atoms with Gasteiger partial charge in [0.15, 0.2) is 0 Å². The third-order valence-electron chi connectivity index (χ3n) is 3.73. The molecular formula is C19H23N5O2. The second kappa shape index (κ2) is 9.33. The fraction of sp³-hybridized carbons (Fsp3) is 0.211. The third kappa shape index (κ3) is 4.90. The van der Waals surface area contributed by atoms with Gasteiger partial charge in [0.2, 0.25) is 0 Å². The Morgan fingerprint density at radius 3 is 2.54 bits per heavy atom. The number of hydrogen-bond donors (Lipinski definition) is 4. The van der Waals surface area contributed by atoms with Crippen molar-refractivity contribution < 1.29 is 9.59 Å². The third-order valence-corrected chi connectivity index (χ3v) is 3.73. The van der Waals surface area contributed by atoms with Crippen LogP contribution in [0.25, 0.3) is 0 Å². The number of nitrogens with zero attached hydrogens (tertiary/aromatic N) is 1. The van der Waals surface area contributed by atoms with Crippen molar-refractivity contribution in [3.05, 3.63) is 65.2 Å². The van der Waals surface area contributed by atoms with Crippen LogP contribution in [0.5, 0.6) is 0 Å². The summed E-state index contributed by atoms with van der Waals surface area (Å²) in [6, 6.07) is 13.7. The summed E-state index contributed by atoms with van der Waals surface area (Å²) in [6.07, 6.45) is 0.691. The predicted molar refractivity (Wildman–Crippen MR) is 103 cm³/mol. The van der Waals surface area contributed by atoms with E-state index in [0.717, 1.165) is 5.69 Å². The smallest absolute Gasteiger partial charge is 0.278 e. The maximum Gasteiger partial charge on any atom is 0.278 e. The van der Waals surface area contributed by atoms with Crippen molar-refractivity contribution in [2.75, 3.05) is 25.5 Å². The van der Waals surface area contributed by atoms with E-state index in [1.807, 2.05) is 18.2 Å². The monoisotopic (exact) mass is 353 g/mol. The number of aliphatic imine (C=N–C) groups is 1. The minimum Gasteiger partial charge on any atom is -0.388 e. The van der Waals surface area contributed by atoms with Gasteiger partial charge in [0.05, 0.1) is 0 Å². The number of benzene rings is 2. The maximum absolute atomic E-state index is 12.4. The van der Waals surface area contributed by atoms with E-state index in [1.54, 1.807) is 31.3 Å². The fourth-order valence-electron chi connectivity index (χ4n) is 2.36. The van der Waals surface area contributed by atoms with Gasteiger partial charge in [-0.2, -0.15) is 4.99 Å². The number of anilines is 1. The minimum absolute atomic E-state index is 0.109. The Morgan fingerprint density at radius 2 is 1.81 bits per heavy atom. The molecule has 2 aromatic carbocycles. The van der Waals surface area contributed by atoms with Crippen molar-refractivity contribution in [3.63, 3.8) is 0 Å². The molecule has 0 radical (unpaired) electrons. The Labute approximate surface area is 152 Å². The first-order valence-corrected chi connectivity index (χ1v) is 8.30. The molecule has 2 amide bonds. The molecule has 7 nitrogen and oxygen atoms in total. The number of carbonyl (C=O) groups is 2. The molecule has 0 saturated carbocycles. The molecule has 0 saturated heterocycles. The summed E-state index contributed by atoms with van der Waals surface area (Å²) in [5.74, 6) is -0.659. The van der Waals surface area contributed by atoms with E-state index in [1.165, 1.54) is 6.07 Å². The van der Waals surface area contributed by atoms with Crippen LogP contribution in [0.2, 0.25) is 0 Å². The first kappa shape index (κ1) is 19.1. The summed E-state index contributed by atoms with van der Waals surface area (Å²) in [6.45, 7) is 0.986. The lowest BCUT2D eigenvalue weighted by Crippen LogP contribution is -2.26. The van der Waals surface area contributed by atoms with Crippen molar-refractivity contribution in [2.45, 2.75) is 6.42 Å². The quantitative estimate of drug-likeness (QED) is 0.340. The lowest BCUT2D eigenvalue weighted by molar-refractivity contribution is 0.0953. The standard InChI is InChI=1S/C19H23N5O2/c1-22-16-9-3-2-8-15(16)17(21)24-19(26)14-7-4-6-13(12-14)18(25)23-11-5-10-20/h2-4,6-9,12,22H,5,10-11,20H2,1H3,(H,23,25)(H2,21,24,26). The number of amidine groups is 1. The summed E-state index contributed by atoms with van der Waals surface area (Å²) in [5.41, 5.74) is 13.5. The van der Waals surface area contributed by atoms with Crippen LogP contribution in [0.4, 0.5) is 5.69 Å². The number of rotatable bonds is 7. The topological polar surface area (TPSA) is 123 Å². The second-order valence-corrected chi connectivity index (χ2v) is 5.58. The maximum atomic E-state index is 12.4. The molecule has 0 spiro atoms. The number of para-hydroxylation sites is 1. The van der Waals surface area contributed by atoms with Crippen LogP contribution in [-0.4, -0.2) is 37.8 Å². The van der Waals surface area contributed by atoms with Gasteiger partial charge in [0, 0.05) is 36.0 Å². The Kier molecular flexibility index (Phi) is 6.87. The summed E-state index contributed by atoms with van der Waals surface area (Å²) in [7, 11) is 1.76. The van der Waals surface area contributed by atoms with E-state index < -0.39 is 5.91 Å². The normalized spacial score (nSPS) is 11.1. The molecule has 6 N–H and O–H groups in total. The van der Waals surface area contributed by atoms with E-state index in [9.17, 15) is 9.59 Å². The summed E-state index contributed by atoms with van der Waals surface area (Å²) in [4.78, 5) is 28.5. The zero-order valence-corrected chi connectivity index (χ0v) is 14.7. The number of hydrogen-bond acceptors (Lipinski definition) is 4. The van der Waals surface area contributed by atoms with E-state index >= 15 is 0 Å². The molecule has 7 heteroatoms. The molecule has 0 unspecified atom stereocenters. The van der Waals surface area contributed by atoms with Gasteiger partial charge >= 0.3 is 0 Å². The van der Waals surface area contributed by atoms with Gasteiger partial charge in [-0.3, -0.25) is 9.59 Å². The molecule has 0 bridgehead atoms. The summed E-state index contributed by atoms with van der Waals surface area (Å²) < 4.78 is 0. The van der Waals surface area contributed by atoms with Crippen molar-refractivity contribution in [1.29, 1.82) is 0 Å². The van der Waals surface area contributed by atoms with E-state index in [0.29, 0.717) is 36.2 Å². The molecule has 0 aliphatic carbocycles. The molecule has 0 fully saturated rings. The zero-order valence-electron chi connectivity index (χ0n) is 14.7. The molecule has 0 aliphatic rings. The number of nitrogens with two attached hydrogens (primary N) is 2. The molecule has 2 rings (SSSR count). The average molecular weight is 353 g/mol. The van der Waals surface area contributed by atoms with Gasteiger partial charge in [-0.15, -0.1) is 0 Å². The van der Waals surface area contributed by atoms with Crippen LogP contribution < -0.4 is 22.1 Å². The van der Waals surface area contributed by atoms with E-state index in [4.69, 9.17) is 11.5 Å². The SMILES string of the molecule is CNc1ccccc1C(N)=NC(=O)c1cccc(C(=O)NCCCN)c1. The summed E-state index contributed by atoms with van der Waals surface area (Å²) in [5, 5.41) is 5.75. The Morgan fingerprint density at radius 1 is 1.08 bits per heavy atom. The van der Waals surface area contributed by atoms with Crippen molar-refractivity contribution in [3.8, 4) is 0 Å². The van der Waals surface area contributed by atoms with Crippen LogP contribution in [0, 0.1) is 0 Å². The predicted octanol–water partition coefficient (Wildman–Crippen LogP) is 1.35. The van der Waals surface area contributed by atoms with Crippen LogP contribution in [-0.2, 0) is 0 Å². The molecule has 26 heavy (non-hydrogen) atoms. The fourth-order valence-corrected chi connectivity index (χ4v) is 2.36. The van der Waals surface area contributed by atoms with Crippen LogP contribution in [0.3, 0.4) is 0 Å². The Hall–Kier alpha value is -3.19. The Balaban J connectivity index is 2.19. The van der Waals surface area contributed by atoms with Crippen molar-refractivity contribution in [2.24, 2.45) is 16.5 Å². The average Bonchev–Trinajstić information content (AvgIpc) is 2.68. The van der Waals surface area contributed by atoms with E-state index in [2.05, 4.69) is 15.6 Å². The molecule has 136 valence electrons. The molecule has 0 aromatic heterocycles. The number of nitrogens with one attached hydrogen (secondary N) is 2.